The number of aliphatic carboxylic acids is 1. The molecule has 16 heteroatoms. The fraction of sp³-hybridized carbons (Fsp3) is 0.524. The molecule has 1 aliphatic heterocycles. The van der Waals surface area contributed by atoms with E-state index in [1.165, 1.54) is 16.2 Å². The van der Waals surface area contributed by atoms with Crippen molar-refractivity contribution < 1.29 is 36.6 Å². The molecule has 0 saturated carbocycles. The molecule has 37 heavy (non-hydrogen) atoms. The molecule has 1 saturated heterocycles. The van der Waals surface area contributed by atoms with E-state index in [1.807, 2.05) is 13.8 Å². The number of hydrogen-bond donors (Lipinski definition) is 2. The molecule has 1 unspecified atom stereocenters. The average Bonchev–Trinajstić information content (AvgIpc) is 3.24. The zero-order valence-electron chi connectivity index (χ0n) is 19.8. The topological polar surface area (TPSA) is 109 Å². The van der Waals surface area contributed by atoms with Crippen LogP contribution in [0, 0.1) is 0 Å². The van der Waals surface area contributed by atoms with E-state index in [2.05, 4.69) is 10.4 Å². The number of thiophene rings is 1. The molecule has 0 spiro atoms. The van der Waals surface area contributed by atoms with Crippen molar-refractivity contribution in [1.82, 2.24) is 24.4 Å². The number of amides is 1. The highest BCUT2D eigenvalue weighted by molar-refractivity contribution is 7.22. The number of nitrogens with one attached hydrogen (secondary N) is 1. The summed E-state index contributed by atoms with van der Waals surface area (Å²) in [4.78, 5) is 36.7. The van der Waals surface area contributed by atoms with Crippen LogP contribution in [0.1, 0.15) is 32.0 Å². The lowest BCUT2D eigenvalue weighted by molar-refractivity contribution is -0.192. The van der Waals surface area contributed by atoms with Crippen LogP contribution in [-0.2, 0) is 16.1 Å². The lowest BCUT2D eigenvalue weighted by Gasteiger charge is -2.35. The number of carbonyl (C=O) groups is 2. The van der Waals surface area contributed by atoms with Gasteiger partial charge in [-0.1, -0.05) is 25.4 Å². The lowest BCUT2D eigenvalue weighted by atomic mass is 10.0. The van der Waals surface area contributed by atoms with Gasteiger partial charge in [0.05, 0.1) is 10.9 Å². The van der Waals surface area contributed by atoms with Crippen LogP contribution >= 0.6 is 22.9 Å². The Morgan fingerprint density at radius 1 is 1.32 bits per heavy atom. The maximum atomic E-state index is 13.8. The fourth-order valence-corrected chi connectivity index (χ4v) is 5.23. The Hall–Kier alpha value is -2.78. The van der Waals surface area contributed by atoms with Crippen LogP contribution in [0.3, 0.4) is 0 Å². The van der Waals surface area contributed by atoms with E-state index < -0.39 is 42.0 Å². The molecule has 4 rings (SSSR count). The number of halogens is 6. The van der Waals surface area contributed by atoms with Crippen molar-refractivity contribution in [2.75, 3.05) is 20.1 Å². The third kappa shape index (κ3) is 6.76. The summed E-state index contributed by atoms with van der Waals surface area (Å²) in [7, 11) is 1.59. The molecule has 1 atom stereocenters. The molecular formula is C21H23ClF5N5O4S. The highest BCUT2D eigenvalue weighted by atomic mass is 35.5. The molecule has 1 amide bonds. The Labute approximate surface area is 215 Å². The van der Waals surface area contributed by atoms with E-state index in [0.717, 1.165) is 14.9 Å². The number of likely N-dealkylation sites (tertiary alicyclic amines) is 1. The molecule has 9 nitrogen and oxygen atoms in total. The van der Waals surface area contributed by atoms with Crippen molar-refractivity contribution in [2.24, 2.45) is 0 Å². The zero-order valence-corrected chi connectivity index (χ0v) is 21.3. The third-order valence-corrected chi connectivity index (χ3v) is 6.61. The lowest BCUT2D eigenvalue weighted by Crippen LogP contribution is -2.54. The van der Waals surface area contributed by atoms with Crippen LogP contribution in [0.4, 0.5) is 22.0 Å². The van der Waals surface area contributed by atoms with Gasteiger partial charge in [-0.2, -0.15) is 18.3 Å². The highest BCUT2D eigenvalue weighted by Crippen LogP contribution is 2.33. The van der Waals surface area contributed by atoms with Gasteiger partial charge in [0, 0.05) is 30.3 Å². The predicted octanol–water partition coefficient (Wildman–Crippen LogP) is 3.58. The molecule has 0 aromatic carbocycles. The number of rotatable bonds is 4. The molecule has 1 fully saturated rings. The standard InChI is InChI=1S/C19H22ClF2N5O2S.C2HF3O2/c1-10(2)16-24-26(8-15(28)23-12-6-19(21,22)9-25(3)7-12)17(29)13-4-11-5-14(20)30-18(11)27(13)16;3-2(4,5)1(6)7/h4-5,10,12H,6-9H2,1-3H3,(H,23,28);(H,6,7). The minimum atomic E-state index is -5.08. The first-order valence-corrected chi connectivity index (χ1v) is 12.1. The van der Waals surface area contributed by atoms with Gasteiger partial charge in [0.25, 0.3) is 11.5 Å². The average molecular weight is 572 g/mol. The van der Waals surface area contributed by atoms with Crippen LogP contribution < -0.4 is 10.9 Å². The van der Waals surface area contributed by atoms with E-state index in [4.69, 9.17) is 21.5 Å². The summed E-state index contributed by atoms with van der Waals surface area (Å²) in [6, 6.07) is 2.84. The quantitative estimate of drug-likeness (QED) is 0.464. The summed E-state index contributed by atoms with van der Waals surface area (Å²) in [5.41, 5.74) is -0.0106. The van der Waals surface area contributed by atoms with Crippen LogP contribution in [0.25, 0.3) is 15.7 Å². The fourth-order valence-electron chi connectivity index (χ4n) is 4.01. The second-order valence-electron chi connectivity index (χ2n) is 8.98. The van der Waals surface area contributed by atoms with Gasteiger partial charge in [0.1, 0.15) is 22.7 Å². The van der Waals surface area contributed by atoms with Gasteiger partial charge in [-0.3, -0.25) is 18.9 Å². The first kappa shape index (κ1) is 28.8. The first-order chi connectivity index (χ1) is 17.0. The predicted molar refractivity (Wildman–Crippen MR) is 127 cm³/mol. The number of hydrogen-bond acceptors (Lipinski definition) is 6. The van der Waals surface area contributed by atoms with Gasteiger partial charge in [-0.05, 0) is 19.2 Å². The van der Waals surface area contributed by atoms with E-state index in [1.54, 1.807) is 23.6 Å². The Bertz CT molecular complexity index is 1380. The minimum Gasteiger partial charge on any atom is -0.475 e. The van der Waals surface area contributed by atoms with Crippen molar-refractivity contribution in [3.05, 3.63) is 32.6 Å². The van der Waals surface area contributed by atoms with Crippen molar-refractivity contribution in [3.8, 4) is 0 Å². The number of carbonyl (C=O) groups excluding carboxylic acids is 1. The van der Waals surface area contributed by atoms with Gasteiger partial charge in [-0.15, -0.1) is 11.3 Å². The molecule has 204 valence electrons. The third-order valence-electron chi connectivity index (χ3n) is 5.35. The zero-order chi connectivity index (χ0) is 27.9. The van der Waals surface area contributed by atoms with Gasteiger partial charge in [0.15, 0.2) is 0 Å². The van der Waals surface area contributed by atoms with E-state index in [-0.39, 0.29) is 19.0 Å². The molecule has 3 aromatic rings. The highest BCUT2D eigenvalue weighted by Gasteiger charge is 2.40. The monoisotopic (exact) mass is 571 g/mol. The van der Waals surface area contributed by atoms with Gasteiger partial charge >= 0.3 is 12.1 Å². The van der Waals surface area contributed by atoms with E-state index >= 15 is 0 Å². The number of aromatic nitrogens is 3. The Morgan fingerprint density at radius 2 is 1.95 bits per heavy atom. The number of fused-ring (bicyclic) bond motifs is 3. The number of carboxylic acid groups (broad SMARTS) is 1. The summed E-state index contributed by atoms with van der Waals surface area (Å²) >= 11 is 7.47. The second-order valence-corrected chi connectivity index (χ2v) is 10.6. The molecule has 0 aliphatic carbocycles. The Balaban J connectivity index is 0.000000479. The normalized spacial score (nSPS) is 18.2. The smallest absolute Gasteiger partial charge is 0.475 e. The molecule has 4 heterocycles. The molecule has 1 aliphatic rings. The van der Waals surface area contributed by atoms with E-state index in [0.29, 0.717) is 22.2 Å². The first-order valence-electron chi connectivity index (χ1n) is 10.9. The minimum absolute atomic E-state index is 0.0235. The van der Waals surface area contributed by atoms with Crippen molar-refractivity contribution in [2.45, 2.75) is 50.9 Å². The summed E-state index contributed by atoms with van der Waals surface area (Å²) < 4.78 is 62.8. The number of alkyl halides is 5. The number of likely N-dealkylation sites (N-methyl/N-ethyl adjacent to an activating group) is 1. The van der Waals surface area contributed by atoms with Crippen molar-refractivity contribution in [1.29, 1.82) is 0 Å². The van der Waals surface area contributed by atoms with Gasteiger partial charge < -0.3 is 10.4 Å². The van der Waals surface area contributed by atoms with Crippen LogP contribution in [0.5, 0.6) is 0 Å². The van der Waals surface area contributed by atoms with Gasteiger partial charge in [0.2, 0.25) is 5.91 Å². The van der Waals surface area contributed by atoms with E-state index in [9.17, 15) is 31.5 Å². The summed E-state index contributed by atoms with van der Waals surface area (Å²) in [6.45, 7) is 3.55. The molecular weight excluding hydrogens is 549 g/mol. The summed E-state index contributed by atoms with van der Waals surface area (Å²) in [5.74, 6) is -5.54. The molecule has 0 radical (unpaired) electrons. The Kier molecular flexibility index (Phi) is 8.19. The van der Waals surface area contributed by atoms with Crippen molar-refractivity contribution >= 4 is 50.5 Å². The summed E-state index contributed by atoms with van der Waals surface area (Å²) in [5, 5.41) is 15.0. The van der Waals surface area contributed by atoms with Gasteiger partial charge in [-0.25, -0.2) is 18.3 Å². The van der Waals surface area contributed by atoms with Crippen LogP contribution in [-0.4, -0.2) is 74.3 Å². The largest absolute Gasteiger partial charge is 0.490 e. The molecule has 0 bridgehead atoms. The maximum absolute atomic E-state index is 13.8. The Morgan fingerprint density at radius 3 is 2.49 bits per heavy atom. The number of carboxylic acids is 1. The second kappa shape index (κ2) is 10.5. The molecule has 3 aromatic heterocycles. The summed E-state index contributed by atoms with van der Waals surface area (Å²) in [6.07, 6.45) is -5.50. The SMILES string of the molecule is CC(C)c1nn(CC(=O)NC2CN(C)CC(F)(F)C2)c(=O)c2cc3cc(Cl)sc3n12.O=C(O)C(F)(F)F. The van der Waals surface area contributed by atoms with Crippen molar-refractivity contribution in [3.63, 3.8) is 0 Å². The van der Waals surface area contributed by atoms with Crippen LogP contribution in [0.2, 0.25) is 4.34 Å². The number of nitrogens with zero attached hydrogens (tertiary/aromatic N) is 4. The van der Waals surface area contributed by atoms with Crippen LogP contribution in [0.15, 0.2) is 16.9 Å². The molecule has 2 N–H and O–H groups in total. The maximum Gasteiger partial charge on any atom is 0.490 e. The number of piperidine rings is 1.